The molecule has 2 amide bonds. The molecule has 0 spiro atoms. The van der Waals surface area contributed by atoms with Crippen molar-refractivity contribution in [3.63, 3.8) is 0 Å². The van der Waals surface area contributed by atoms with Gasteiger partial charge in [0.15, 0.2) is 0 Å². The van der Waals surface area contributed by atoms with E-state index in [1.54, 1.807) is 30.3 Å². The predicted molar refractivity (Wildman–Crippen MR) is 82.8 cm³/mol. The van der Waals surface area contributed by atoms with E-state index in [1.807, 2.05) is 18.2 Å². The van der Waals surface area contributed by atoms with Crippen molar-refractivity contribution in [2.24, 2.45) is 0 Å². The van der Waals surface area contributed by atoms with Crippen LogP contribution >= 0.6 is 0 Å². The van der Waals surface area contributed by atoms with Gasteiger partial charge < -0.3 is 10.6 Å². The number of anilines is 1. The van der Waals surface area contributed by atoms with E-state index < -0.39 is 0 Å². The molecule has 0 fully saturated rings. The Labute approximate surface area is 128 Å². The average molecular weight is 300 g/mol. The molecule has 2 N–H and O–H groups in total. The lowest BCUT2D eigenvalue weighted by molar-refractivity contribution is -0.124. The van der Waals surface area contributed by atoms with Crippen molar-refractivity contribution in [1.29, 1.82) is 0 Å². The highest BCUT2D eigenvalue weighted by atomic mass is 19.1. The van der Waals surface area contributed by atoms with Gasteiger partial charge in [-0.05, 0) is 30.2 Å². The summed E-state index contributed by atoms with van der Waals surface area (Å²) in [5, 5.41) is 5.19. The minimum atomic E-state index is -0.322. The van der Waals surface area contributed by atoms with Crippen LogP contribution in [0.1, 0.15) is 12.0 Å². The van der Waals surface area contributed by atoms with Gasteiger partial charge in [-0.15, -0.1) is 0 Å². The van der Waals surface area contributed by atoms with E-state index in [-0.39, 0.29) is 30.6 Å². The Morgan fingerprint density at radius 2 is 1.59 bits per heavy atom. The minimum Gasteiger partial charge on any atom is -0.347 e. The molecule has 2 aromatic rings. The maximum atomic E-state index is 13.4. The van der Waals surface area contributed by atoms with Crippen molar-refractivity contribution < 1.29 is 14.0 Å². The first-order valence-electron chi connectivity index (χ1n) is 7.00. The molecule has 0 aliphatic rings. The normalized spacial score (nSPS) is 10.0. The van der Waals surface area contributed by atoms with E-state index in [2.05, 4.69) is 10.6 Å². The summed E-state index contributed by atoms with van der Waals surface area (Å²) in [5.74, 6) is -0.908. The van der Waals surface area contributed by atoms with Crippen LogP contribution in [0.25, 0.3) is 0 Å². The number of rotatable bonds is 6. The monoisotopic (exact) mass is 300 g/mol. The number of para-hydroxylation sites is 1. The van der Waals surface area contributed by atoms with E-state index in [4.69, 9.17) is 0 Å². The van der Waals surface area contributed by atoms with Gasteiger partial charge in [0.1, 0.15) is 5.82 Å². The Bertz CT molecular complexity index is 644. The quantitative estimate of drug-likeness (QED) is 0.861. The molecule has 2 rings (SSSR count). The van der Waals surface area contributed by atoms with Crippen molar-refractivity contribution in [3.05, 3.63) is 66.0 Å². The van der Waals surface area contributed by atoms with Gasteiger partial charge in [0.25, 0.3) is 0 Å². The van der Waals surface area contributed by atoms with Crippen molar-refractivity contribution >= 4 is 17.5 Å². The highest BCUT2D eigenvalue weighted by Gasteiger charge is 2.08. The molecule has 0 aliphatic carbocycles. The molecule has 0 unspecified atom stereocenters. The van der Waals surface area contributed by atoms with Crippen molar-refractivity contribution in [2.45, 2.75) is 12.8 Å². The van der Waals surface area contributed by atoms with Gasteiger partial charge in [-0.25, -0.2) is 4.39 Å². The van der Waals surface area contributed by atoms with Gasteiger partial charge in [-0.3, -0.25) is 9.59 Å². The minimum absolute atomic E-state index is 0.106. The van der Waals surface area contributed by atoms with E-state index in [0.29, 0.717) is 17.7 Å². The van der Waals surface area contributed by atoms with Gasteiger partial charge in [0, 0.05) is 12.1 Å². The van der Waals surface area contributed by atoms with Crippen molar-refractivity contribution in [2.75, 3.05) is 11.9 Å². The fraction of sp³-hybridized carbons (Fsp3) is 0.176. The standard InChI is InChI=1S/C17H17FN2O2/c18-15-9-5-4-6-13(15)10-11-16(21)19-12-17(22)20-14-7-2-1-3-8-14/h1-9H,10-12H2,(H,19,21)(H,20,22). The Morgan fingerprint density at radius 3 is 2.32 bits per heavy atom. The van der Waals surface area contributed by atoms with E-state index in [9.17, 15) is 14.0 Å². The molecule has 4 nitrogen and oxygen atoms in total. The number of halogens is 1. The summed E-state index contributed by atoms with van der Waals surface area (Å²) in [4.78, 5) is 23.3. The number of benzene rings is 2. The number of aryl methyl sites for hydroxylation is 1. The lowest BCUT2D eigenvalue weighted by Gasteiger charge is -2.07. The molecule has 2 aromatic carbocycles. The number of nitrogens with one attached hydrogen (secondary N) is 2. The van der Waals surface area contributed by atoms with Gasteiger partial charge in [-0.2, -0.15) is 0 Å². The lowest BCUT2D eigenvalue weighted by atomic mass is 10.1. The van der Waals surface area contributed by atoms with Gasteiger partial charge >= 0.3 is 0 Å². The third-order valence-corrected chi connectivity index (χ3v) is 3.08. The molecule has 0 heterocycles. The smallest absolute Gasteiger partial charge is 0.243 e. The molecule has 0 atom stereocenters. The van der Waals surface area contributed by atoms with Crippen LogP contribution in [0.4, 0.5) is 10.1 Å². The number of carbonyl (C=O) groups excluding carboxylic acids is 2. The second-order valence-corrected chi connectivity index (χ2v) is 4.78. The summed E-state index contributed by atoms with van der Waals surface area (Å²) >= 11 is 0. The number of carbonyl (C=O) groups is 2. The Kier molecular flexibility index (Phi) is 5.65. The molecular weight excluding hydrogens is 283 g/mol. The third-order valence-electron chi connectivity index (χ3n) is 3.08. The maximum Gasteiger partial charge on any atom is 0.243 e. The molecular formula is C17H17FN2O2. The third kappa shape index (κ3) is 5.01. The van der Waals surface area contributed by atoms with Crippen LogP contribution in [0.3, 0.4) is 0 Å². The fourth-order valence-electron chi connectivity index (χ4n) is 1.94. The van der Waals surface area contributed by atoms with Crippen LogP contribution in [0, 0.1) is 5.82 Å². The van der Waals surface area contributed by atoms with Gasteiger partial charge in [0.05, 0.1) is 6.54 Å². The summed E-state index contributed by atoms with van der Waals surface area (Å²) < 4.78 is 13.4. The topological polar surface area (TPSA) is 58.2 Å². The highest BCUT2D eigenvalue weighted by Crippen LogP contribution is 2.08. The number of amides is 2. The van der Waals surface area contributed by atoms with Gasteiger partial charge in [-0.1, -0.05) is 36.4 Å². The Balaban J connectivity index is 1.71. The number of hydrogen-bond donors (Lipinski definition) is 2. The second kappa shape index (κ2) is 7.93. The molecule has 0 saturated carbocycles. The van der Waals surface area contributed by atoms with Crippen LogP contribution < -0.4 is 10.6 Å². The average Bonchev–Trinajstić information content (AvgIpc) is 2.53. The molecule has 0 aromatic heterocycles. The molecule has 0 radical (unpaired) electrons. The number of hydrogen-bond acceptors (Lipinski definition) is 2. The van der Waals surface area contributed by atoms with Gasteiger partial charge in [0.2, 0.25) is 11.8 Å². The molecule has 0 aliphatic heterocycles. The fourth-order valence-corrected chi connectivity index (χ4v) is 1.94. The zero-order valence-corrected chi connectivity index (χ0v) is 12.0. The second-order valence-electron chi connectivity index (χ2n) is 4.78. The zero-order valence-electron chi connectivity index (χ0n) is 12.0. The van der Waals surface area contributed by atoms with Crippen LogP contribution in [-0.4, -0.2) is 18.4 Å². The zero-order chi connectivity index (χ0) is 15.8. The van der Waals surface area contributed by atoms with Crippen molar-refractivity contribution in [1.82, 2.24) is 5.32 Å². The SMILES string of the molecule is O=C(CCc1ccccc1F)NCC(=O)Nc1ccccc1. The van der Waals surface area contributed by atoms with Crippen LogP contribution in [-0.2, 0) is 16.0 Å². The predicted octanol–water partition coefficient (Wildman–Crippen LogP) is 2.51. The van der Waals surface area contributed by atoms with E-state index >= 15 is 0 Å². The summed E-state index contributed by atoms with van der Waals surface area (Å²) in [6.07, 6.45) is 0.443. The molecule has 114 valence electrons. The molecule has 5 heteroatoms. The summed E-state index contributed by atoms with van der Waals surface area (Å²) in [5.41, 5.74) is 1.17. The summed E-state index contributed by atoms with van der Waals surface area (Å²) in [7, 11) is 0. The van der Waals surface area contributed by atoms with E-state index in [0.717, 1.165) is 0 Å². The first-order valence-corrected chi connectivity index (χ1v) is 7.00. The largest absolute Gasteiger partial charge is 0.347 e. The van der Waals surface area contributed by atoms with Crippen molar-refractivity contribution in [3.8, 4) is 0 Å². The Morgan fingerprint density at radius 1 is 0.909 bits per heavy atom. The van der Waals surface area contributed by atoms with E-state index in [1.165, 1.54) is 6.07 Å². The van der Waals surface area contributed by atoms with Crippen LogP contribution in [0.2, 0.25) is 0 Å². The summed E-state index contributed by atoms with van der Waals surface area (Å²) in [6.45, 7) is -0.106. The first-order chi connectivity index (χ1) is 10.6. The lowest BCUT2D eigenvalue weighted by Crippen LogP contribution is -2.33. The van der Waals surface area contributed by atoms with Crippen LogP contribution in [0.15, 0.2) is 54.6 Å². The molecule has 0 saturated heterocycles. The maximum absolute atomic E-state index is 13.4. The van der Waals surface area contributed by atoms with Crippen LogP contribution in [0.5, 0.6) is 0 Å². The highest BCUT2D eigenvalue weighted by molar-refractivity contribution is 5.94. The molecule has 22 heavy (non-hydrogen) atoms. The first kappa shape index (κ1) is 15.7. The summed E-state index contributed by atoms with van der Waals surface area (Å²) in [6, 6.07) is 15.3. The Hall–Kier alpha value is -2.69. The molecule has 0 bridgehead atoms.